The maximum atomic E-state index is 10.5. The van der Waals surface area contributed by atoms with Crippen molar-refractivity contribution in [2.24, 2.45) is 5.41 Å². The Morgan fingerprint density at radius 3 is 2.38 bits per heavy atom. The quantitative estimate of drug-likeness (QED) is 0.603. The van der Waals surface area contributed by atoms with Crippen molar-refractivity contribution >= 4 is 0 Å². The van der Waals surface area contributed by atoms with Crippen molar-refractivity contribution in [3.05, 3.63) is 0 Å². The number of aliphatic hydroxyl groups is 2. The minimum absolute atomic E-state index is 0.219. The lowest BCUT2D eigenvalue weighted by molar-refractivity contribution is -0.184. The molecule has 2 N–H and O–H groups in total. The summed E-state index contributed by atoms with van der Waals surface area (Å²) in [5.74, 6) is 0. The third kappa shape index (κ3) is 1.23. The molecule has 76 valence electrons. The van der Waals surface area contributed by atoms with Gasteiger partial charge in [0.05, 0.1) is 11.7 Å². The molecule has 0 radical (unpaired) electrons. The first-order chi connectivity index (χ1) is 6.08. The summed E-state index contributed by atoms with van der Waals surface area (Å²) in [6, 6.07) is 0. The summed E-state index contributed by atoms with van der Waals surface area (Å²) in [4.78, 5) is 0. The molecule has 0 aromatic heterocycles. The molecule has 2 aliphatic carbocycles. The summed E-state index contributed by atoms with van der Waals surface area (Å²) >= 11 is 0. The number of rotatable bonds is 0. The summed E-state index contributed by atoms with van der Waals surface area (Å²) in [7, 11) is 0. The van der Waals surface area contributed by atoms with Crippen LogP contribution in [-0.2, 0) is 0 Å². The molecule has 2 aliphatic rings. The SMILES string of the molecule is C[C@]12CCCC[C@@]1(O)CCC[C@@H]2O. The molecule has 0 unspecified atom stereocenters. The van der Waals surface area contributed by atoms with Crippen molar-refractivity contribution in [1.29, 1.82) is 0 Å². The Bertz CT molecular complexity index is 200. The lowest BCUT2D eigenvalue weighted by atomic mass is 9.56. The van der Waals surface area contributed by atoms with E-state index >= 15 is 0 Å². The van der Waals surface area contributed by atoms with Crippen LogP contribution in [0.3, 0.4) is 0 Å². The van der Waals surface area contributed by atoms with Gasteiger partial charge in [0.2, 0.25) is 0 Å². The molecule has 2 nitrogen and oxygen atoms in total. The highest BCUT2D eigenvalue weighted by molar-refractivity contribution is 5.05. The molecule has 0 spiro atoms. The van der Waals surface area contributed by atoms with Crippen LogP contribution < -0.4 is 0 Å². The van der Waals surface area contributed by atoms with Gasteiger partial charge in [-0.1, -0.05) is 19.8 Å². The molecule has 3 atom stereocenters. The molecule has 0 aliphatic heterocycles. The van der Waals surface area contributed by atoms with Gasteiger partial charge in [-0.2, -0.15) is 0 Å². The molecule has 2 rings (SSSR count). The Labute approximate surface area is 80.0 Å². The van der Waals surface area contributed by atoms with Crippen LogP contribution in [0, 0.1) is 5.41 Å². The highest BCUT2D eigenvalue weighted by Gasteiger charge is 2.54. The van der Waals surface area contributed by atoms with Crippen LogP contribution in [0.15, 0.2) is 0 Å². The number of aliphatic hydroxyl groups excluding tert-OH is 1. The summed E-state index contributed by atoms with van der Waals surface area (Å²) in [5.41, 5.74) is -0.785. The zero-order chi connectivity index (χ0) is 9.53. The molecule has 0 aromatic rings. The highest BCUT2D eigenvalue weighted by Crippen LogP contribution is 2.52. The van der Waals surface area contributed by atoms with Gasteiger partial charge in [-0.05, 0) is 32.1 Å². The Hall–Kier alpha value is -0.0800. The van der Waals surface area contributed by atoms with Crippen LogP contribution in [0.25, 0.3) is 0 Å². The third-order valence-corrected chi connectivity index (χ3v) is 4.40. The van der Waals surface area contributed by atoms with Crippen molar-refractivity contribution in [3.63, 3.8) is 0 Å². The Balaban J connectivity index is 2.27. The summed E-state index contributed by atoms with van der Waals surface area (Å²) in [6.45, 7) is 2.07. The van der Waals surface area contributed by atoms with Crippen molar-refractivity contribution in [2.45, 2.75) is 63.6 Å². The molecule has 0 heterocycles. The van der Waals surface area contributed by atoms with Gasteiger partial charge in [0, 0.05) is 5.41 Å². The van der Waals surface area contributed by atoms with Gasteiger partial charge in [-0.25, -0.2) is 0 Å². The first kappa shape index (κ1) is 9.47. The Morgan fingerprint density at radius 1 is 1.08 bits per heavy atom. The molecular formula is C11H20O2. The van der Waals surface area contributed by atoms with Crippen LogP contribution in [0.2, 0.25) is 0 Å². The second-order valence-corrected chi connectivity index (χ2v) is 5.06. The zero-order valence-corrected chi connectivity index (χ0v) is 8.42. The van der Waals surface area contributed by atoms with Crippen molar-refractivity contribution in [2.75, 3.05) is 0 Å². The molecule has 2 heteroatoms. The van der Waals surface area contributed by atoms with E-state index < -0.39 is 5.60 Å². The molecule has 2 fully saturated rings. The van der Waals surface area contributed by atoms with E-state index in [4.69, 9.17) is 0 Å². The predicted molar refractivity (Wildman–Crippen MR) is 51.4 cm³/mol. The first-order valence-electron chi connectivity index (χ1n) is 5.49. The normalized spacial score (nSPS) is 51.5. The van der Waals surface area contributed by atoms with Gasteiger partial charge in [-0.15, -0.1) is 0 Å². The van der Waals surface area contributed by atoms with E-state index in [2.05, 4.69) is 6.92 Å². The average molecular weight is 184 g/mol. The van der Waals surface area contributed by atoms with Crippen molar-refractivity contribution < 1.29 is 10.2 Å². The topological polar surface area (TPSA) is 40.5 Å². The fourth-order valence-corrected chi connectivity index (χ4v) is 3.22. The van der Waals surface area contributed by atoms with E-state index in [9.17, 15) is 10.2 Å². The standard InChI is InChI=1S/C11H20O2/c1-10-6-2-3-7-11(10,13)8-4-5-9(10)12/h9,12-13H,2-8H2,1H3/t9-,10+,11+/m0/s1. The maximum Gasteiger partial charge on any atom is 0.0725 e. The smallest absolute Gasteiger partial charge is 0.0725 e. The minimum atomic E-state index is -0.567. The summed E-state index contributed by atoms with van der Waals surface area (Å²) in [5, 5.41) is 20.4. The molecular weight excluding hydrogens is 164 g/mol. The lowest BCUT2D eigenvalue weighted by Crippen LogP contribution is -2.57. The van der Waals surface area contributed by atoms with E-state index in [1.165, 1.54) is 0 Å². The van der Waals surface area contributed by atoms with Crippen LogP contribution in [-0.4, -0.2) is 21.9 Å². The number of fused-ring (bicyclic) bond motifs is 1. The summed E-state index contributed by atoms with van der Waals surface area (Å²) in [6.07, 6.45) is 6.62. The number of hydrogen-bond acceptors (Lipinski definition) is 2. The fraction of sp³-hybridized carbons (Fsp3) is 1.00. The van der Waals surface area contributed by atoms with Gasteiger partial charge >= 0.3 is 0 Å². The minimum Gasteiger partial charge on any atom is -0.392 e. The third-order valence-electron chi connectivity index (χ3n) is 4.40. The van der Waals surface area contributed by atoms with Crippen molar-refractivity contribution in [3.8, 4) is 0 Å². The van der Waals surface area contributed by atoms with Crippen LogP contribution in [0.5, 0.6) is 0 Å². The van der Waals surface area contributed by atoms with Gasteiger partial charge in [0.1, 0.15) is 0 Å². The molecule has 0 amide bonds. The van der Waals surface area contributed by atoms with E-state index in [1.54, 1.807) is 0 Å². The highest BCUT2D eigenvalue weighted by atomic mass is 16.3. The van der Waals surface area contributed by atoms with Gasteiger partial charge < -0.3 is 10.2 Å². The maximum absolute atomic E-state index is 10.5. The fourth-order valence-electron chi connectivity index (χ4n) is 3.22. The van der Waals surface area contributed by atoms with Crippen molar-refractivity contribution in [1.82, 2.24) is 0 Å². The first-order valence-corrected chi connectivity index (χ1v) is 5.49. The Kier molecular flexibility index (Phi) is 2.16. The number of hydrogen-bond donors (Lipinski definition) is 2. The molecule has 13 heavy (non-hydrogen) atoms. The zero-order valence-electron chi connectivity index (χ0n) is 8.42. The largest absolute Gasteiger partial charge is 0.392 e. The average Bonchev–Trinajstić information content (AvgIpc) is 2.09. The van der Waals surface area contributed by atoms with Gasteiger partial charge in [-0.3, -0.25) is 0 Å². The van der Waals surface area contributed by atoms with E-state index in [0.29, 0.717) is 0 Å². The van der Waals surface area contributed by atoms with Gasteiger partial charge in [0.25, 0.3) is 0 Å². The second-order valence-electron chi connectivity index (χ2n) is 5.06. The Morgan fingerprint density at radius 2 is 1.69 bits per heavy atom. The molecule has 0 bridgehead atoms. The second kappa shape index (κ2) is 2.96. The van der Waals surface area contributed by atoms with Crippen LogP contribution in [0.4, 0.5) is 0 Å². The van der Waals surface area contributed by atoms with Gasteiger partial charge in [0.15, 0.2) is 0 Å². The molecule has 0 aromatic carbocycles. The van der Waals surface area contributed by atoms with Crippen LogP contribution >= 0.6 is 0 Å². The lowest BCUT2D eigenvalue weighted by Gasteiger charge is -2.54. The summed E-state index contributed by atoms with van der Waals surface area (Å²) < 4.78 is 0. The molecule has 2 saturated carbocycles. The van der Waals surface area contributed by atoms with E-state index in [0.717, 1.165) is 44.9 Å². The van der Waals surface area contributed by atoms with E-state index in [1.807, 2.05) is 0 Å². The monoisotopic (exact) mass is 184 g/mol. The molecule has 0 saturated heterocycles. The van der Waals surface area contributed by atoms with Crippen LogP contribution in [0.1, 0.15) is 51.9 Å². The van der Waals surface area contributed by atoms with E-state index in [-0.39, 0.29) is 11.5 Å². The predicted octanol–water partition coefficient (Wildman–Crippen LogP) is 1.84.